The lowest BCUT2D eigenvalue weighted by atomic mass is 9.87. The average Bonchev–Trinajstić information content (AvgIpc) is 3.11. The molecule has 2 rings (SSSR count). The minimum Gasteiger partial charge on any atom is -0.392 e. The number of aliphatic hydroxyl groups excluding tert-OH is 1. The van der Waals surface area contributed by atoms with Crippen LogP contribution in [0.5, 0.6) is 0 Å². The van der Waals surface area contributed by atoms with E-state index in [1.165, 1.54) is 12.0 Å². The Morgan fingerprint density at radius 1 is 1.12 bits per heavy atom. The molecule has 1 aromatic carbocycles. The van der Waals surface area contributed by atoms with Crippen molar-refractivity contribution in [3.05, 3.63) is 35.9 Å². The van der Waals surface area contributed by atoms with Gasteiger partial charge in [0.05, 0.1) is 6.10 Å². The van der Waals surface area contributed by atoms with Crippen LogP contribution in [0.1, 0.15) is 51.5 Å². The maximum atomic E-state index is 10.4. The van der Waals surface area contributed by atoms with Crippen molar-refractivity contribution in [1.29, 1.82) is 0 Å². The van der Waals surface area contributed by atoms with E-state index in [0.29, 0.717) is 0 Å². The van der Waals surface area contributed by atoms with E-state index in [-0.39, 0.29) is 11.5 Å². The molecule has 0 radical (unpaired) electrons. The van der Waals surface area contributed by atoms with Crippen LogP contribution in [0.15, 0.2) is 30.3 Å². The summed E-state index contributed by atoms with van der Waals surface area (Å²) in [6.07, 6.45) is 5.48. The van der Waals surface area contributed by atoms with Crippen molar-refractivity contribution in [3.63, 3.8) is 0 Å². The van der Waals surface area contributed by atoms with E-state index < -0.39 is 0 Å². The summed E-state index contributed by atoms with van der Waals surface area (Å²) in [6, 6.07) is 10.5. The molecule has 1 fully saturated rings. The zero-order chi connectivity index (χ0) is 12.3. The van der Waals surface area contributed by atoms with E-state index in [0.717, 1.165) is 31.6 Å². The maximum Gasteiger partial charge on any atom is 0.0636 e. The van der Waals surface area contributed by atoms with Crippen molar-refractivity contribution in [2.75, 3.05) is 0 Å². The average molecular weight is 232 g/mol. The van der Waals surface area contributed by atoms with E-state index >= 15 is 0 Å². The van der Waals surface area contributed by atoms with Gasteiger partial charge in [0, 0.05) is 5.41 Å². The third-order valence-electron chi connectivity index (χ3n) is 4.03. The van der Waals surface area contributed by atoms with E-state index in [9.17, 15) is 5.11 Å². The zero-order valence-corrected chi connectivity index (χ0v) is 11.0. The molecule has 0 saturated heterocycles. The summed E-state index contributed by atoms with van der Waals surface area (Å²) in [4.78, 5) is 0. The van der Waals surface area contributed by atoms with Crippen LogP contribution in [-0.2, 0) is 5.41 Å². The molecular weight excluding hydrogens is 208 g/mol. The Kier molecular flexibility index (Phi) is 3.88. The molecule has 0 heterocycles. The minimum absolute atomic E-state index is 0.0955. The van der Waals surface area contributed by atoms with Gasteiger partial charge in [-0.25, -0.2) is 0 Å². The second-order valence-corrected chi connectivity index (χ2v) is 5.86. The highest BCUT2D eigenvalue weighted by molar-refractivity contribution is 5.32. The molecule has 1 aliphatic rings. The second kappa shape index (κ2) is 5.22. The number of benzene rings is 1. The number of hydrogen-bond donors (Lipinski definition) is 1. The molecule has 1 aromatic rings. The summed E-state index contributed by atoms with van der Waals surface area (Å²) in [5.41, 5.74) is 1.43. The van der Waals surface area contributed by atoms with E-state index in [4.69, 9.17) is 0 Å². The monoisotopic (exact) mass is 232 g/mol. The molecule has 0 spiro atoms. The number of hydrogen-bond acceptors (Lipinski definition) is 1. The van der Waals surface area contributed by atoms with Crippen LogP contribution in [0.3, 0.4) is 0 Å². The quantitative estimate of drug-likeness (QED) is 0.788. The third-order valence-corrected chi connectivity index (χ3v) is 4.03. The molecular formula is C16H24O. The van der Waals surface area contributed by atoms with Crippen molar-refractivity contribution in [2.45, 2.75) is 57.5 Å². The van der Waals surface area contributed by atoms with E-state index in [2.05, 4.69) is 38.1 Å². The summed E-state index contributed by atoms with van der Waals surface area (Å²) >= 11 is 0. The lowest BCUT2D eigenvalue weighted by molar-refractivity contribution is 0.118. The molecule has 1 saturated carbocycles. The molecule has 1 heteroatoms. The highest BCUT2D eigenvalue weighted by Crippen LogP contribution is 2.52. The number of aliphatic hydroxyl groups is 1. The summed E-state index contributed by atoms with van der Waals surface area (Å²) in [7, 11) is 0. The van der Waals surface area contributed by atoms with Crippen molar-refractivity contribution in [1.82, 2.24) is 0 Å². The van der Waals surface area contributed by atoms with Gasteiger partial charge in [0.2, 0.25) is 0 Å². The third kappa shape index (κ3) is 2.90. The predicted octanol–water partition coefficient (Wildman–Crippen LogP) is 3.91. The second-order valence-electron chi connectivity index (χ2n) is 5.86. The van der Waals surface area contributed by atoms with Gasteiger partial charge in [-0.05, 0) is 30.7 Å². The Bertz CT molecular complexity index is 338. The van der Waals surface area contributed by atoms with Crippen molar-refractivity contribution < 1.29 is 5.11 Å². The SMILES string of the molecule is CC(C)CCCC(O)C1(c2ccccc2)CC1. The normalized spacial score (nSPS) is 19.3. The Morgan fingerprint density at radius 3 is 2.29 bits per heavy atom. The first-order valence-electron chi connectivity index (χ1n) is 6.89. The van der Waals surface area contributed by atoms with Crippen LogP contribution in [0, 0.1) is 5.92 Å². The highest BCUT2D eigenvalue weighted by Gasteiger charge is 2.49. The fraction of sp³-hybridized carbons (Fsp3) is 0.625. The summed E-state index contributed by atoms with van der Waals surface area (Å²) in [6.45, 7) is 4.49. The Labute approximate surface area is 105 Å². The van der Waals surface area contributed by atoms with Crippen LogP contribution in [0.4, 0.5) is 0 Å². The summed E-state index contributed by atoms with van der Waals surface area (Å²) < 4.78 is 0. The van der Waals surface area contributed by atoms with Gasteiger partial charge >= 0.3 is 0 Å². The van der Waals surface area contributed by atoms with E-state index in [1.54, 1.807) is 0 Å². The van der Waals surface area contributed by atoms with Crippen LogP contribution in [0.2, 0.25) is 0 Å². The molecule has 1 aliphatic carbocycles. The molecule has 94 valence electrons. The standard InChI is InChI=1S/C16H24O/c1-13(2)7-6-10-15(17)16(11-12-16)14-8-4-3-5-9-14/h3-5,8-9,13,15,17H,6-7,10-12H2,1-2H3. The van der Waals surface area contributed by atoms with Crippen molar-refractivity contribution in [2.24, 2.45) is 5.92 Å². The molecule has 0 bridgehead atoms. The lowest BCUT2D eigenvalue weighted by Crippen LogP contribution is -2.26. The molecule has 1 N–H and O–H groups in total. The van der Waals surface area contributed by atoms with Gasteiger partial charge in [0.15, 0.2) is 0 Å². The fourth-order valence-corrected chi connectivity index (χ4v) is 2.71. The van der Waals surface area contributed by atoms with Gasteiger partial charge in [-0.3, -0.25) is 0 Å². The Hall–Kier alpha value is -0.820. The van der Waals surface area contributed by atoms with Crippen molar-refractivity contribution in [3.8, 4) is 0 Å². The first-order valence-corrected chi connectivity index (χ1v) is 6.89. The molecule has 0 aliphatic heterocycles. The van der Waals surface area contributed by atoms with Gasteiger partial charge in [-0.1, -0.05) is 57.0 Å². The minimum atomic E-state index is -0.149. The van der Waals surface area contributed by atoms with Crippen molar-refractivity contribution >= 4 is 0 Å². The summed E-state index contributed by atoms with van der Waals surface area (Å²) in [5.74, 6) is 0.745. The van der Waals surface area contributed by atoms with E-state index in [1.807, 2.05) is 6.07 Å². The van der Waals surface area contributed by atoms with Gasteiger partial charge in [0.25, 0.3) is 0 Å². The number of rotatable bonds is 6. The molecule has 17 heavy (non-hydrogen) atoms. The van der Waals surface area contributed by atoms with Gasteiger partial charge < -0.3 is 5.11 Å². The van der Waals surface area contributed by atoms with Gasteiger partial charge in [-0.2, -0.15) is 0 Å². The predicted molar refractivity (Wildman–Crippen MR) is 72.0 cm³/mol. The van der Waals surface area contributed by atoms with Crippen LogP contribution < -0.4 is 0 Å². The van der Waals surface area contributed by atoms with Crippen LogP contribution in [0.25, 0.3) is 0 Å². The van der Waals surface area contributed by atoms with Crippen LogP contribution >= 0.6 is 0 Å². The molecule has 1 unspecified atom stereocenters. The van der Waals surface area contributed by atoms with Crippen LogP contribution in [-0.4, -0.2) is 11.2 Å². The first kappa shape index (κ1) is 12.6. The highest BCUT2D eigenvalue weighted by atomic mass is 16.3. The molecule has 1 nitrogen and oxygen atoms in total. The molecule has 0 amide bonds. The summed E-state index contributed by atoms with van der Waals surface area (Å²) in [5, 5.41) is 10.4. The molecule has 0 aromatic heterocycles. The largest absolute Gasteiger partial charge is 0.392 e. The molecule has 1 atom stereocenters. The lowest BCUT2D eigenvalue weighted by Gasteiger charge is -2.23. The first-order chi connectivity index (χ1) is 8.15. The Morgan fingerprint density at radius 2 is 1.76 bits per heavy atom. The Balaban J connectivity index is 1.93. The van der Waals surface area contributed by atoms with Gasteiger partial charge in [-0.15, -0.1) is 0 Å². The fourth-order valence-electron chi connectivity index (χ4n) is 2.71. The maximum absolute atomic E-state index is 10.4. The van der Waals surface area contributed by atoms with Gasteiger partial charge in [0.1, 0.15) is 0 Å². The topological polar surface area (TPSA) is 20.2 Å². The smallest absolute Gasteiger partial charge is 0.0636 e. The zero-order valence-electron chi connectivity index (χ0n) is 11.0.